The molecule has 19 heavy (non-hydrogen) atoms. The average molecular weight is 270 g/mol. The van der Waals surface area contributed by atoms with Gasteiger partial charge in [-0.15, -0.1) is 0 Å². The van der Waals surface area contributed by atoms with Crippen LogP contribution in [-0.4, -0.2) is 14.8 Å². The molecule has 102 valence electrons. The van der Waals surface area contributed by atoms with Crippen molar-refractivity contribution in [3.8, 4) is 0 Å². The third-order valence-corrected chi connectivity index (χ3v) is 2.61. The molecule has 0 bridgehead atoms. The molecule has 0 unspecified atom stereocenters. The molecule has 0 aliphatic rings. The third kappa shape index (κ3) is 2.69. The van der Waals surface area contributed by atoms with Crippen LogP contribution in [0.25, 0.3) is 0 Å². The first kappa shape index (κ1) is 13.4. The molecule has 1 heterocycles. The highest BCUT2D eigenvalue weighted by atomic mass is 19.2. The predicted molar refractivity (Wildman–Crippen MR) is 64.0 cm³/mol. The lowest BCUT2D eigenvalue weighted by atomic mass is 10.2. The zero-order valence-corrected chi connectivity index (χ0v) is 10.5. The topological polar surface area (TPSA) is 42.7 Å². The maximum atomic E-state index is 13.4. The summed E-state index contributed by atoms with van der Waals surface area (Å²) < 4.78 is 40.9. The molecule has 0 atom stereocenters. The van der Waals surface area contributed by atoms with Gasteiger partial charge in [0.1, 0.15) is 12.2 Å². The van der Waals surface area contributed by atoms with Crippen molar-refractivity contribution in [1.82, 2.24) is 14.8 Å². The van der Waals surface area contributed by atoms with Crippen LogP contribution < -0.4 is 5.32 Å². The summed E-state index contributed by atoms with van der Waals surface area (Å²) in [4.78, 5) is 4.02. The maximum Gasteiger partial charge on any atom is 0.196 e. The number of rotatable bonds is 4. The van der Waals surface area contributed by atoms with Crippen LogP contribution in [0.4, 0.5) is 18.9 Å². The summed E-state index contributed by atoms with van der Waals surface area (Å²) in [5, 5.41) is 6.69. The first-order valence-electron chi connectivity index (χ1n) is 5.76. The van der Waals surface area contributed by atoms with E-state index in [0.717, 1.165) is 12.1 Å². The van der Waals surface area contributed by atoms with E-state index in [-0.39, 0.29) is 18.3 Å². The van der Waals surface area contributed by atoms with Crippen LogP contribution in [0.5, 0.6) is 0 Å². The molecule has 0 aliphatic heterocycles. The van der Waals surface area contributed by atoms with Crippen LogP contribution in [0.3, 0.4) is 0 Å². The van der Waals surface area contributed by atoms with E-state index in [1.54, 1.807) is 4.68 Å². The largest absolute Gasteiger partial charge is 0.375 e. The quantitative estimate of drug-likeness (QED) is 0.869. The lowest BCUT2D eigenvalue weighted by Gasteiger charge is -2.11. The highest BCUT2D eigenvalue weighted by molar-refractivity contribution is 5.45. The van der Waals surface area contributed by atoms with E-state index in [1.807, 2.05) is 13.8 Å². The standard InChI is InChI=1S/C12H13F3N4/c1-7(2)19-10(17-6-18-19)5-16-9-4-3-8(13)11(14)12(9)15/h3-4,6-7,16H,5H2,1-2H3. The zero-order valence-electron chi connectivity index (χ0n) is 10.5. The van der Waals surface area contributed by atoms with Crippen molar-refractivity contribution in [3.63, 3.8) is 0 Å². The van der Waals surface area contributed by atoms with Gasteiger partial charge >= 0.3 is 0 Å². The van der Waals surface area contributed by atoms with Gasteiger partial charge in [0.25, 0.3) is 0 Å². The fraction of sp³-hybridized carbons (Fsp3) is 0.333. The Morgan fingerprint density at radius 2 is 1.95 bits per heavy atom. The van der Waals surface area contributed by atoms with E-state index in [1.165, 1.54) is 6.33 Å². The monoisotopic (exact) mass is 270 g/mol. The van der Waals surface area contributed by atoms with E-state index >= 15 is 0 Å². The summed E-state index contributed by atoms with van der Waals surface area (Å²) >= 11 is 0. The molecule has 1 aromatic carbocycles. The van der Waals surface area contributed by atoms with Gasteiger partial charge in [0.05, 0.1) is 12.2 Å². The SMILES string of the molecule is CC(C)n1ncnc1CNc1ccc(F)c(F)c1F. The molecule has 7 heteroatoms. The summed E-state index contributed by atoms with van der Waals surface area (Å²) in [7, 11) is 0. The van der Waals surface area contributed by atoms with Gasteiger partial charge in [0.2, 0.25) is 0 Å². The number of nitrogens with one attached hydrogen (secondary N) is 1. The van der Waals surface area contributed by atoms with E-state index < -0.39 is 17.5 Å². The number of benzene rings is 1. The molecule has 0 radical (unpaired) electrons. The van der Waals surface area contributed by atoms with Crippen molar-refractivity contribution in [2.75, 3.05) is 5.32 Å². The van der Waals surface area contributed by atoms with E-state index in [4.69, 9.17) is 0 Å². The Balaban J connectivity index is 2.15. The van der Waals surface area contributed by atoms with Gasteiger partial charge in [-0.2, -0.15) is 5.10 Å². The number of anilines is 1. The van der Waals surface area contributed by atoms with Crippen molar-refractivity contribution < 1.29 is 13.2 Å². The normalized spacial score (nSPS) is 11.1. The number of hydrogen-bond donors (Lipinski definition) is 1. The second-order valence-electron chi connectivity index (χ2n) is 4.29. The maximum absolute atomic E-state index is 13.4. The van der Waals surface area contributed by atoms with Crippen molar-refractivity contribution in [1.29, 1.82) is 0 Å². The highest BCUT2D eigenvalue weighted by Crippen LogP contribution is 2.20. The molecule has 0 saturated carbocycles. The lowest BCUT2D eigenvalue weighted by molar-refractivity contribution is 0.448. The Morgan fingerprint density at radius 1 is 1.21 bits per heavy atom. The zero-order chi connectivity index (χ0) is 14.0. The third-order valence-electron chi connectivity index (χ3n) is 2.61. The Bertz CT molecular complexity index is 580. The van der Waals surface area contributed by atoms with E-state index in [0.29, 0.717) is 5.82 Å². The van der Waals surface area contributed by atoms with Gasteiger partial charge in [-0.05, 0) is 26.0 Å². The molecule has 0 fully saturated rings. The molecule has 0 saturated heterocycles. The number of nitrogens with zero attached hydrogens (tertiary/aromatic N) is 3. The van der Waals surface area contributed by atoms with Crippen LogP contribution in [0.2, 0.25) is 0 Å². The van der Waals surface area contributed by atoms with Crippen molar-refractivity contribution >= 4 is 5.69 Å². The Kier molecular flexibility index (Phi) is 3.73. The van der Waals surface area contributed by atoms with Crippen LogP contribution in [-0.2, 0) is 6.54 Å². The van der Waals surface area contributed by atoms with Gasteiger partial charge in [-0.25, -0.2) is 22.8 Å². The van der Waals surface area contributed by atoms with Crippen molar-refractivity contribution in [3.05, 3.63) is 41.7 Å². The van der Waals surface area contributed by atoms with Crippen LogP contribution in [0, 0.1) is 17.5 Å². The van der Waals surface area contributed by atoms with Crippen molar-refractivity contribution in [2.24, 2.45) is 0 Å². The molecule has 2 aromatic rings. The van der Waals surface area contributed by atoms with Gasteiger partial charge in [0, 0.05) is 6.04 Å². The molecule has 4 nitrogen and oxygen atoms in total. The molecule has 0 aliphatic carbocycles. The Hall–Kier alpha value is -2.05. The first-order valence-corrected chi connectivity index (χ1v) is 5.76. The first-order chi connectivity index (χ1) is 9.00. The van der Waals surface area contributed by atoms with E-state index in [9.17, 15) is 13.2 Å². The Labute approximate surface area is 108 Å². The van der Waals surface area contributed by atoms with Crippen LogP contribution >= 0.6 is 0 Å². The fourth-order valence-electron chi connectivity index (χ4n) is 1.67. The van der Waals surface area contributed by atoms with Crippen LogP contribution in [0.1, 0.15) is 25.7 Å². The molecule has 1 N–H and O–H groups in total. The molecule has 0 amide bonds. The van der Waals surface area contributed by atoms with Crippen LogP contribution in [0.15, 0.2) is 18.5 Å². The predicted octanol–water partition coefficient (Wildman–Crippen LogP) is 2.89. The summed E-state index contributed by atoms with van der Waals surface area (Å²) in [6.45, 7) is 4.02. The molecular weight excluding hydrogens is 257 g/mol. The van der Waals surface area contributed by atoms with Gasteiger partial charge in [-0.3, -0.25) is 0 Å². The summed E-state index contributed by atoms with van der Waals surface area (Å²) in [6.07, 6.45) is 1.39. The molecule has 0 spiro atoms. The minimum atomic E-state index is -1.49. The van der Waals surface area contributed by atoms with E-state index in [2.05, 4.69) is 15.4 Å². The minimum absolute atomic E-state index is 0.106. The average Bonchev–Trinajstić information content (AvgIpc) is 2.84. The molecule has 1 aromatic heterocycles. The second kappa shape index (κ2) is 5.29. The van der Waals surface area contributed by atoms with Gasteiger partial charge < -0.3 is 5.32 Å². The second-order valence-corrected chi connectivity index (χ2v) is 4.29. The van der Waals surface area contributed by atoms with Gasteiger partial charge in [0.15, 0.2) is 17.5 Å². The summed E-state index contributed by atoms with van der Waals surface area (Å²) in [6, 6.07) is 2.12. The number of hydrogen-bond acceptors (Lipinski definition) is 3. The van der Waals surface area contributed by atoms with Gasteiger partial charge in [-0.1, -0.05) is 0 Å². The Morgan fingerprint density at radius 3 is 2.63 bits per heavy atom. The summed E-state index contributed by atoms with van der Waals surface area (Å²) in [5.41, 5.74) is -0.114. The minimum Gasteiger partial charge on any atom is -0.375 e. The highest BCUT2D eigenvalue weighted by Gasteiger charge is 2.14. The molecular formula is C12H13F3N4. The smallest absolute Gasteiger partial charge is 0.196 e. The lowest BCUT2D eigenvalue weighted by Crippen LogP contribution is -2.13. The molecule has 2 rings (SSSR count). The summed E-state index contributed by atoms with van der Waals surface area (Å²) in [5.74, 6) is -3.36. The fourth-order valence-corrected chi connectivity index (χ4v) is 1.67. The number of halogens is 3. The number of aromatic nitrogens is 3. The van der Waals surface area contributed by atoms with Crippen molar-refractivity contribution in [2.45, 2.75) is 26.4 Å².